The van der Waals surface area contributed by atoms with Gasteiger partial charge in [-0.25, -0.2) is 8.42 Å². The first-order chi connectivity index (χ1) is 12.9. The van der Waals surface area contributed by atoms with Crippen molar-refractivity contribution in [2.45, 2.75) is 57.9 Å². The van der Waals surface area contributed by atoms with Crippen LogP contribution in [-0.2, 0) is 20.2 Å². The predicted molar refractivity (Wildman–Crippen MR) is 112 cm³/mol. The van der Waals surface area contributed by atoms with Crippen LogP contribution in [0.2, 0.25) is 0 Å². The Morgan fingerprint density at radius 2 is 1.64 bits per heavy atom. The summed E-state index contributed by atoms with van der Waals surface area (Å²) in [7, 11) is -3.49. The van der Waals surface area contributed by atoms with E-state index in [0.717, 1.165) is 10.5 Å². The fraction of sp³-hybridized carbons (Fsp3) is 0.667. The van der Waals surface area contributed by atoms with Crippen molar-refractivity contribution in [1.82, 2.24) is 9.62 Å². The smallest absolute Gasteiger partial charge is 0.275 e. The monoisotopic (exact) mass is 410 g/mol. The average molecular weight is 411 g/mol. The maximum Gasteiger partial charge on any atom is 0.275 e. The molecule has 1 atom stereocenters. The van der Waals surface area contributed by atoms with Gasteiger partial charge in [-0.2, -0.15) is 4.31 Å². The molecule has 0 bridgehead atoms. The quantitative estimate of drug-likeness (QED) is 0.736. The molecule has 1 fully saturated rings. The third-order valence-electron chi connectivity index (χ3n) is 5.59. The Kier molecular flexibility index (Phi) is 7.28. The van der Waals surface area contributed by atoms with Gasteiger partial charge in [-0.05, 0) is 36.0 Å². The van der Waals surface area contributed by atoms with Gasteiger partial charge in [-0.3, -0.25) is 4.79 Å². The maximum atomic E-state index is 12.9. The van der Waals surface area contributed by atoms with Gasteiger partial charge in [0.15, 0.2) is 6.54 Å². The lowest BCUT2D eigenvalue weighted by Gasteiger charge is -2.31. The van der Waals surface area contributed by atoms with Gasteiger partial charge in [0.05, 0.1) is 31.1 Å². The van der Waals surface area contributed by atoms with E-state index >= 15 is 0 Å². The topological polar surface area (TPSA) is 70.9 Å². The summed E-state index contributed by atoms with van der Waals surface area (Å²) in [6.45, 7) is 15.0. The summed E-state index contributed by atoms with van der Waals surface area (Å²) >= 11 is 0. The summed E-state index contributed by atoms with van der Waals surface area (Å²) in [4.78, 5) is 13.6. The van der Waals surface area contributed by atoms with Crippen molar-refractivity contribution in [2.75, 3.05) is 32.7 Å². The lowest BCUT2D eigenvalue weighted by Crippen LogP contribution is -3.15. The van der Waals surface area contributed by atoms with Crippen molar-refractivity contribution in [3.8, 4) is 0 Å². The second-order valence-corrected chi connectivity index (χ2v) is 11.1. The Hall–Kier alpha value is -1.44. The molecule has 0 radical (unpaired) electrons. The minimum Gasteiger partial charge on any atom is -0.348 e. The number of nitrogens with one attached hydrogen (secondary N) is 2. The van der Waals surface area contributed by atoms with Gasteiger partial charge in [0, 0.05) is 6.04 Å². The zero-order chi connectivity index (χ0) is 21.1. The fourth-order valence-electron chi connectivity index (χ4n) is 3.19. The number of piperazine rings is 1. The third-order valence-corrected chi connectivity index (χ3v) is 7.50. The van der Waals surface area contributed by atoms with Gasteiger partial charge in [0.25, 0.3) is 5.91 Å². The Labute approximate surface area is 170 Å². The second-order valence-electron chi connectivity index (χ2n) is 9.21. The van der Waals surface area contributed by atoms with Crippen LogP contribution in [0, 0.1) is 5.92 Å². The molecule has 1 saturated heterocycles. The van der Waals surface area contributed by atoms with E-state index in [-0.39, 0.29) is 17.4 Å². The molecule has 2 N–H and O–H groups in total. The van der Waals surface area contributed by atoms with Crippen LogP contribution in [-0.4, -0.2) is 57.4 Å². The highest BCUT2D eigenvalue weighted by atomic mass is 32.2. The van der Waals surface area contributed by atoms with E-state index in [2.05, 4.69) is 39.9 Å². The Balaban J connectivity index is 1.94. The lowest BCUT2D eigenvalue weighted by atomic mass is 9.87. The van der Waals surface area contributed by atoms with Crippen LogP contribution in [0.5, 0.6) is 0 Å². The molecule has 7 heteroatoms. The fourth-order valence-corrected chi connectivity index (χ4v) is 4.64. The highest BCUT2D eigenvalue weighted by Crippen LogP contribution is 2.24. The number of amides is 1. The maximum absolute atomic E-state index is 12.9. The SMILES string of the molecule is CC(C)[C@@H](C)NC(=O)C[NH+]1CCN(S(=O)(=O)c2ccc(C(C)(C)C)cc2)CC1. The van der Waals surface area contributed by atoms with E-state index in [1.165, 1.54) is 4.31 Å². The van der Waals surface area contributed by atoms with Crippen molar-refractivity contribution >= 4 is 15.9 Å². The standard InChI is InChI=1S/C21H35N3O3S/c1-16(2)17(3)22-20(25)15-23-11-13-24(14-12-23)28(26,27)19-9-7-18(8-10-19)21(4,5)6/h7-10,16-17H,11-15H2,1-6H3,(H,22,25)/p+1/t17-/m1/s1. The predicted octanol–water partition coefficient (Wildman–Crippen LogP) is 1.03. The second kappa shape index (κ2) is 8.93. The Morgan fingerprint density at radius 3 is 2.11 bits per heavy atom. The molecule has 0 saturated carbocycles. The normalized spacial score (nSPS) is 18.2. The van der Waals surface area contributed by atoms with E-state index in [9.17, 15) is 13.2 Å². The van der Waals surface area contributed by atoms with E-state index in [4.69, 9.17) is 0 Å². The van der Waals surface area contributed by atoms with Gasteiger partial charge in [0.2, 0.25) is 10.0 Å². The number of quaternary nitrogens is 1. The first-order valence-corrected chi connectivity index (χ1v) is 11.6. The number of sulfonamides is 1. The minimum atomic E-state index is -3.49. The van der Waals surface area contributed by atoms with Gasteiger partial charge in [-0.15, -0.1) is 0 Å². The van der Waals surface area contributed by atoms with Gasteiger partial charge in [0.1, 0.15) is 0 Å². The first-order valence-electron chi connectivity index (χ1n) is 10.1. The first kappa shape index (κ1) is 22.8. The number of hydrogen-bond acceptors (Lipinski definition) is 3. The number of benzene rings is 1. The molecule has 6 nitrogen and oxygen atoms in total. The number of carbonyl (C=O) groups is 1. The molecule has 1 aliphatic rings. The third kappa shape index (κ3) is 5.78. The van der Waals surface area contributed by atoms with E-state index < -0.39 is 10.0 Å². The van der Waals surface area contributed by atoms with Crippen LogP contribution in [0.1, 0.15) is 47.1 Å². The van der Waals surface area contributed by atoms with Gasteiger partial charge in [-0.1, -0.05) is 46.8 Å². The molecule has 0 unspecified atom stereocenters. The molecule has 1 aromatic rings. The molecule has 1 amide bonds. The molecule has 0 spiro atoms. The molecular formula is C21H36N3O3S+. The molecule has 158 valence electrons. The van der Waals surface area contributed by atoms with Crippen LogP contribution in [0.15, 0.2) is 29.2 Å². The lowest BCUT2D eigenvalue weighted by molar-refractivity contribution is -0.895. The van der Waals surface area contributed by atoms with Gasteiger partial charge < -0.3 is 10.2 Å². The van der Waals surface area contributed by atoms with Crippen molar-refractivity contribution in [1.29, 1.82) is 0 Å². The summed E-state index contributed by atoms with van der Waals surface area (Å²) < 4.78 is 27.4. The van der Waals surface area contributed by atoms with E-state index in [1.807, 2.05) is 19.1 Å². The summed E-state index contributed by atoms with van der Waals surface area (Å²) in [5, 5.41) is 3.02. The van der Waals surface area contributed by atoms with Crippen LogP contribution in [0.3, 0.4) is 0 Å². The van der Waals surface area contributed by atoms with Gasteiger partial charge >= 0.3 is 0 Å². The van der Waals surface area contributed by atoms with Crippen molar-refractivity contribution in [3.05, 3.63) is 29.8 Å². The number of hydrogen-bond donors (Lipinski definition) is 2. The van der Waals surface area contributed by atoms with Crippen molar-refractivity contribution in [2.24, 2.45) is 5.92 Å². The van der Waals surface area contributed by atoms with Crippen LogP contribution >= 0.6 is 0 Å². The molecular weight excluding hydrogens is 374 g/mol. The number of nitrogens with zero attached hydrogens (tertiary/aromatic N) is 1. The summed E-state index contributed by atoms with van der Waals surface area (Å²) in [5.74, 6) is 0.427. The molecule has 0 aromatic heterocycles. The largest absolute Gasteiger partial charge is 0.348 e. The summed E-state index contributed by atoms with van der Waals surface area (Å²) in [6.07, 6.45) is 0. The number of carbonyl (C=O) groups excluding carboxylic acids is 1. The average Bonchev–Trinajstić information content (AvgIpc) is 2.61. The Morgan fingerprint density at radius 1 is 1.11 bits per heavy atom. The molecule has 0 aliphatic carbocycles. The summed E-state index contributed by atoms with van der Waals surface area (Å²) in [6, 6.07) is 7.35. The minimum absolute atomic E-state index is 0.00901. The molecule has 1 heterocycles. The van der Waals surface area contributed by atoms with Crippen LogP contribution in [0.4, 0.5) is 0 Å². The molecule has 28 heavy (non-hydrogen) atoms. The molecule has 1 aromatic carbocycles. The zero-order valence-corrected chi connectivity index (χ0v) is 18.9. The van der Waals surface area contributed by atoms with E-state index in [1.54, 1.807) is 12.1 Å². The summed E-state index contributed by atoms with van der Waals surface area (Å²) in [5.41, 5.74) is 1.10. The van der Waals surface area contributed by atoms with Crippen LogP contribution in [0.25, 0.3) is 0 Å². The molecule has 1 aliphatic heterocycles. The highest BCUT2D eigenvalue weighted by Gasteiger charge is 2.31. The Bertz CT molecular complexity index is 759. The highest BCUT2D eigenvalue weighted by molar-refractivity contribution is 7.89. The van der Waals surface area contributed by atoms with Crippen LogP contribution < -0.4 is 10.2 Å². The van der Waals surface area contributed by atoms with E-state index in [0.29, 0.717) is 43.5 Å². The zero-order valence-electron chi connectivity index (χ0n) is 18.1. The number of rotatable bonds is 6. The van der Waals surface area contributed by atoms with Crippen molar-refractivity contribution in [3.63, 3.8) is 0 Å². The molecule has 2 rings (SSSR count). The van der Waals surface area contributed by atoms with Crippen molar-refractivity contribution < 1.29 is 18.1 Å².